The van der Waals surface area contributed by atoms with Gasteiger partial charge in [-0.15, -0.1) is 0 Å². The molecular weight excluding hydrogens is 181 g/mol. The fourth-order valence-corrected chi connectivity index (χ4v) is 1.55. The molecule has 0 heterocycles. The van der Waals surface area contributed by atoms with E-state index in [1.165, 1.54) is 4.53 Å². The van der Waals surface area contributed by atoms with Crippen molar-refractivity contribution >= 4 is 4.53 Å². The Morgan fingerprint density at radius 2 is 1.82 bits per heavy atom. The normalized spacial score (nSPS) is 10.8. The molecule has 0 spiro atoms. The van der Waals surface area contributed by atoms with Gasteiger partial charge in [-0.05, 0) is 0 Å². The Hall–Kier alpha value is -0.326. The van der Waals surface area contributed by atoms with E-state index in [-0.39, 0.29) is 0 Å². The summed E-state index contributed by atoms with van der Waals surface area (Å²) >= 11 is 1.68. The molecule has 0 amide bonds. The van der Waals surface area contributed by atoms with Crippen LogP contribution < -0.4 is 4.53 Å². The number of hydrogen-bond donors (Lipinski definition) is 0. The van der Waals surface area contributed by atoms with Crippen LogP contribution in [-0.2, 0) is 14.4 Å². The van der Waals surface area contributed by atoms with Crippen molar-refractivity contribution < 1.29 is 14.4 Å². The number of rotatable bonds is 3. The summed E-state index contributed by atoms with van der Waals surface area (Å²) in [6, 6.07) is 10.5. The van der Waals surface area contributed by atoms with Crippen LogP contribution in [0.1, 0.15) is 0 Å². The summed E-state index contributed by atoms with van der Waals surface area (Å²) in [7, 11) is 4.17. The van der Waals surface area contributed by atoms with Gasteiger partial charge >= 0.3 is 73.8 Å². The van der Waals surface area contributed by atoms with Gasteiger partial charge < -0.3 is 0 Å². The average Bonchev–Trinajstić information content (AvgIpc) is 2.03. The zero-order chi connectivity index (χ0) is 8.10. The molecule has 0 aliphatic carbocycles. The van der Waals surface area contributed by atoms with Crippen molar-refractivity contribution in [1.82, 2.24) is 4.90 Å². The van der Waals surface area contributed by atoms with Gasteiger partial charge in [0, 0.05) is 0 Å². The van der Waals surface area contributed by atoms with Crippen LogP contribution in [0.3, 0.4) is 0 Å². The summed E-state index contributed by atoms with van der Waals surface area (Å²) < 4.78 is 1.36. The second kappa shape index (κ2) is 4.53. The molecule has 0 saturated carbocycles. The Bertz CT molecular complexity index is 196. The van der Waals surface area contributed by atoms with E-state index in [4.69, 9.17) is 0 Å². The van der Waals surface area contributed by atoms with E-state index < -0.39 is 0 Å². The molecule has 1 nitrogen and oxygen atoms in total. The van der Waals surface area contributed by atoms with Gasteiger partial charge in [0.15, 0.2) is 0 Å². The fourth-order valence-electron chi connectivity index (χ4n) is 0.635. The summed E-state index contributed by atoms with van der Waals surface area (Å²) in [5.41, 5.74) is 1.07. The maximum absolute atomic E-state index is 2.17. The van der Waals surface area contributed by atoms with E-state index in [0.717, 1.165) is 5.51 Å². The Labute approximate surface area is 74.2 Å². The first-order valence-electron chi connectivity index (χ1n) is 3.50. The van der Waals surface area contributed by atoms with Gasteiger partial charge in [0.25, 0.3) is 0 Å². The Morgan fingerprint density at radius 3 is 2.36 bits per heavy atom. The van der Waals surface area contributed by atoms with Gasteiger partial charge in [0.05, 0.1) is 0 Å². The quantitative estimate of drug-likeness (QED) is 0.646. The first-order chi connectivity index (χ1) is 5.29. The molecule has 0 aromatic heterocycles. The van der Waals surface area contributed by atoms with Crippen LogP contribution in [0.4, 0.5) is 0 Å². The van der Waals surface area contributed by atoms with E-state index >= 15 is 0 Å². The third kappa shape index (κ3) is 3.55. The third-order valence-electron chi connectivity index (χ3n) is 1.09. The number of hydrogen-bond acceptors (Lipinski definition) is 1. The average molecular weight is 194 g/mol. The van der Waals surface area contributed by atoms with Crippen LogP contribution in [-0.4, -0.2) is 24.5 Å². The van der Waals surface area contributed by atoms with E-state index in [0.29, 0.717) is 0 Å². The van der Waals surface area contributed by atoms with Crippen molar-refractivity contribution in [3.8, 4) is 0 Å². The molecule has 0 bridgehead atoms. The van der Waals surface area contributed by atoms with Crippen LogP contribution >= 0.6 is 0 Å². The van der Waals surface area contributed by atoms with Crippen LogP contribution in [0.5, 0.6) is 0 Å². The van der Waals surface area contributed by atoms with Crippen molar-refractivity contribution in [2.45, 2.75) is 0 Å². The molecule has 1 aromatic carbocycles. The SMILES string of the molecule is CN(C)[CH2][Ni][c]1ccccc1. The molecule has 2 heteroatoms. The standard InChI is InChI=1S/C6H5.C3H8N.Ni/c1-2-4-6-5-3-1;1-4(2)3;/h1-5H;1H2,2-3H3;. The van der Waals surface area contributed by atoms with E-state index in [9.17, 15) is 0 Å². The Balaban J connectivity index is 2.39. The maximum atomic E-state index is 2.17. The van der Waals surface area contributed by atoms with Gasteiger partial charge in [-0.25, -0.2) is 0 Å². The molecule has 1 rings (SSSR count). The molecule has 0 saturated heterocycles. The second-order valence-electron chi connectivity index (χ2n) is 2.55. The Morgan fingerprint density at radius 1 is 1.18 bits per heavy atom. The molecule has 0 radical (unpaired) electrons. The minimum absolute atomic E-state index is 1.07. The van der Waals surface area contributed by atoms with Gasteiger partial charge in [-0.3, -0.25) is 0 Å². The minimum atomic E-state index is 1.07. The zero-order valence-electron chi connectivity index (χ0n) is 6.86. The fraction of sp³-hybridized carbons (Fsp3) is 0.333. The second-order valence-corrected chi connectivity index (χ2v) is 3.78. The number of benzene rings is 1. The molecule has 11 heavy (non-hydrogen) atoms. The summed E-state index contributed by atoms with van der Waals surface area (Å²) in [4.78, 5) is 2.17. The third-order valence-corrected chi connectivity index (χ3v) is 2.60. The summed E-state index contributed by atoms with van der Waals surface area (Å²) in [6.45, 7) is 0. The van der Waals surface area contributed by atoms with E-state index in [1.54, 1.807) is 14.4 Å². The van der Waals surface area contributed by atoms with Gasteiger partial charge in [0.1, 0.15) is 0 Å². The van der Waals surface area contributed by atoms with E-state index in [1.807, 2.05) is 6.07 Å². The summed E-state index contributed by atoms with van der Waals surface area (Å²) in [6.07, 6.45) is 0. The number of nitrogens with zero attached hydrogens (tertiary/aromatic N) is 1. The van der Waals surface area contributed by atoms with Crippen molar-refractivity contribution in [3.63, 3.8) is 0 Å². The van der Waals surface area contributed by atoms with Crippen LogP contribution in [0.15, 0.2) is 30.3 Å². The molecule has 0 aliphatic rings. The van der Waals surface area contributed by atoms with Crippen molar-refractivity contribution in [3.05, 3.63) is 30.3 Å². The van der Waals surface area contributed by atoms with Crippen molar-refractivity contribution in [2.24, 2.45) is 0 Å². The predicted octanol–water partition coefficient (Wildman–Crippen LogP) is 0.913. The molecule has 0 aliphatic heterocycles. The first kappa shape index (κ1) is 8.77. The molecule has 0 unspecified atom stereocenters. The molecule has 0 fully saturated rings. The topological polar surface area (TPSA) is 3.24 Å². The Kier molecular flexibility index (Phi) is 3.61. The predicted molar refractivity (Wildman–Crippen MR) is 44.6 cm³/mol. The molecule has 0 N–H and O–H groups in total. The molecule has 1 aromatic rings. The van der Waals surface area contributed by atoms with E-state index in [2.05, 4.69) is 43.3 Å². The molecule has 64 valence electrons. The van der Waals surface area contributed by atoms with Crippen LogP contribution in [0, 0.1) is 0 Å². The van der Waals surface area contributed by atoms with Crippen molar-refractivity contribution in [1.29, 1.82) is 0 Å². The molecular formula is C9H13NNi. The van der Waals surface area contributed by atoms with Gasteiger partial charge in [0.2, 0.25) is 0 Å². The van der Waals surface area contributed by atoms with Crippen LogP contribution in [0.2, 0.25) is 0 Å². The monoisotopic (exact) mass is 193 g/mol. The van der Waals surface area contributed by atoms with Crippen LogP contribution in [0.25, 0.3) is 0 Å². The van der Waals surface area contributed by atoms with Gasteiger partial charge in [-0.2, -0.15) is 0 Å². The first-order valence-corrected chi connectivity index (χ1v) is 4.70. The van der Waals surface area contributed by atoms with Crippen molar-refractivity contribution in [2.75, 3.05) is 19.6 Å². The zero-order valence-corrected chi connectivity index (χ0v) is 7.84. The summed E-state index contributed by atoms with van der Waals surface area (Å²) in [5.74, 6) is 0. The molecule has 0 atom stereocenters. The summed E-state index contributed by atoms with van der Waals surface area (Å²) in [5, 5.41) is 0. The van der Waals surface area contributed by atoms with Gasteiger partial charge in [-0.1, -0.05) is 0 Å².